The minimum atomic E-state index is -0.0173. The van der Waals surface area contributed by atoms with Crippen LogP contribution in [0.15, 0.2) is 55.0 Å². The van der Waals surface area contributed by atoms with E-state index in [0.29, 0.717) is 37.9 Å². The maximum Gasteiger partial charge on any atom is 0.227 e. The summed E-state index contributed by atoms with van der Waals surface area (Å²) in [5.74, 6) is 0.250. The number of fused-ring (bicyclic) bond motifs is 1. The number of likely N-dealkylation sites (tertiary alicyclic amines) is 1. The molecule has 0 saturated carbocycles. The van der Waals surface area contributed by atoms with Crippen molar-refractivity contribution >= 4 is 22.6 Å². The number of amides is 1. The molecule has 0 unspecified atom stereocenters. The number of Topliss-reactive ketones (excluding diaryl/α,β-unsaturated/α-hetero) is 1. The van der Waals surface area contributed by atoms with Crippen molar-refractivity contribution in [2.75, 3.05) is 13.1 Å². The fourth-order valence-corrected chi connectivity index (χ4v) is 3.69. The predicted molar refractivity (Wildman–Crippen MR) is 99.9 cm³/mol. The number of carbonyl (C=O) groups excluding carboxylic acids is 2. The molecule has 132 valence electrons. The lowest BCUT2D eigenvalue weighted by Gasteiger charge is -2.31. The van der Waals surface area contributed by atoms with Crippen LogP contribution in [0.1, 0.15) is 28.8 Å². The lowest BCUT2D eigenvalue weighted by atomic mass is 9.89. The fourth-order valence-electron chi connectivity index (χ4n) is 3.69. The molecule has 1 aliphatic heterocycles. The van der Waals surface area contributed by atoms with Crippen LogP contribution < -0.4 is 0 Å². The molecule has 3 aromatic rings. The van der Waals surface area contributed by atoms with Gasteiger partial charge in [0.2, 0.25) is 5.91 Å². The quantitative estimate of drug-likeness (QED) is 0.737. The normalized spacial score (nSPS) is 15.3. The number of para-hydroxylation sites is 1. The first-order valence-corrected chi connectivity index (χ1v) is 8.99. The number of nitrogens with zero attached hydrogens (tertiary/aromatic N) is 2. The number of aromatic amines is 1. The molecule has 0 atom stereocenters. The van der Waals surface area contributed by atoms with Crippen LogP contribution in [0.2, 0.25) is 0 Å². The molecule has 1 aliphatic rings. The first-order chi connectivity index (χ1) is 12.7. The average Bonchev–Trinajstić information content (AvgIpc) is 3.11. The van der Waals surface area contributed by atoms with Crippen LogP contribution in [0.5, 0.6) is 0 Å². The number of nitrogens with one attached hydrogen (secondary N) is 1. The molecule has 0 bridgehead atoms. The molecule has 1 amide bonds. The summed E-state index contributed by atoms with van der Waals surface area (Å²) in [6, 6.07) is 11.6. The number of hydrogen-bond acceptors (Lipinski definition) is 3. The molecule has 5 nitrogen and oxygen atoms in total. The summed E-state index contributed by atoms with van der Waals surface area (Å²) < 4.78 is 0. The van der Waals surface area contributed by atoms with Gasteiger partial charge in [-0.3, -0.25) is 14.6 Å². The van der Waals surface area contributed by atoms with Crippen molar-refractivity contribution in [3.05, 3.63) is 66.1 Å². The molecule has 1 aromatic carbocycles. The Labute approximate surface area is 152 Å². The summed E-state index contributed by atoms with van der Waals surface area (Å²) in [4.78, 5) is 34.3. The van der Waals surface area contributed by atoms with E-state index in [1.165, 1.54) is 0 Å². The van der Waals surface area contributed by atoms with E-state index in [-0.39, 0.29) is 17.6 Å². The van der Waals surface area contributed by atoms with Crippen LogP contribution >= 0.6 is 0 Å². The third-order valence-corrected chi connectivity index (χ3v) is 5.18. The Morgan fingerprint density at radius 3 is 2.69 bits per heavy atom. The van der Waals surface area contributed by atoms with E-state index in [1.807, 2.05) is 41.4 Å². The molecule has 0 radical (unpaired) electrons. The topological polar surface area (TPSA) is 66.1 Å². The Kier molecular flexibility index (Phi) is 4.52. The van der Waals surface area contributed by atoms with Crippen LogP contribution in [0, 0.1) is 5.92 Å². The number of benzene rings is 1. The van der Waals surface area contributed by atoms with Crippen LogP contribution in [-0.4, -0.2) is 39.6 Å². The van der Waals surface area contributed by atoms with Crippen molar-refractivity contribution in [3.8, 4) is 0 Å². The van der Waals surface area contributed by atoms with E-state index in [1.54, 1.807) is 18.5 Å². The number of rotatable bonds is 4. The number of carbonyl (C=O) groups is 2. The van der Waals surface area contributed by atoms with Gasteiger partial charge in [0.05, 0.1) is 6.42 Å². The third-order valence-electron chi connectivity index (χ3n) is 5.18. The van der Waals surface area contributed by atoms with E-state index < -0.39 is 0 Å². The monoisotopic (exact) mass is 347 g/mol. The number of hydrogen-bond donors (Lipinski definition) is 1. The van der Waals surface area contributed by atoms with E-state index in [9.17, 15) is 9.59 Å². The highest BCUT2D eigenvalue weighted by Gasteiger charge is 2.28. The maximum absolute atomic E-state index is 12.7. The Hall–Kier alpha value is -2.95. The van der Waals surface area contributed by atoms with Gasteiger partial charge in [0.15, 0.2) is 5.78 Å². The first-order valence-electron chi connectivity index (χ1n) is 8.99. The highest BCUT2D eigenvalue weighted by atomic mass is 16.2. The molecule has 26 heavy (non-hydrogen) atoms. The zero-order chi connectivity index (χ0) is 17.9. The highest BCUT2D eigenvalue weighted by Crippen LogP contribution is 2.23. The SMILES string of the molecule is O=C(c1cccnc1)C1CCN(C(=O)Cc2c[nH]c3ccccc23)CC1. The van der Waals surface area contributed by atoms with Crippen LogP contribution in [0.4, 0.5) is 0 Å². The smallest absolute Gasteiger partial charge is 0.227 e. The van der Waals surface area contributed by atoms with E-state index >= 15 is 0 Å². The molecule has 1 saturated heterocycles. The van der Waals surface area contributed by atoms with Gasteiger partial charge < -0.3 is 9.88 Å². The second-order valence-corrected chi connectivity index (χ2v) is 6.80. The first kappa shape index (κ1) is 16.5. The van der Waals surface area contributed by atoms with Gasteiger partial charge in [-0.2, -0.15) is 0 Å². The lowest BCUT2D eigenvalue weighted by molar-refractivity contribution is -0.131. The van der Waals surface area contributed by atoms with Gasteiger partial charge in [-0.1, -0.05) is 18.2 Å². The second kappa shape index (κ2) is 7.12. The van der Waals surface area contributed by atoms with Crippen molar-refractivity contribution in [2.24, 2.45) is 5.92 Å². The molecular formula is C21H21N3O2. The molecule has 2 aromatic heterocycles. The number of pyridine rings is 1. The van der Waals surface area contributed by atoms with E-state index in [2.05, 4.69) is 9.97 Å². The molecule has 0 aliphatic carbocycles. The summed E-state index contributed by atoms with van der Waals surface area (Å²) in [6.45, 7) is 1.27. The number of piperidine rings is 1. The Morgan fingerprint density at radius 1 is 1.12 bits per heavy atom. The van der Waals surface area contributed by atoms with Gasteiger partial charge >= 0.3 is 0 Å². The van der Waals surface area contributed by atoms with Crippen molar-refractivity contribution in [1.29, 1.82) is 0 Å². The number of ketones is 1. The van der Waals surface area contributed by atoms with Crippen LogP contribution in [0.25, 0.3) is 10.9 Å². The van der Waals surface area contributed by atoms with Crippen molar-refractivity contribution in [2.45, 2.75) is 19.3 Å². The molecule has 1 N–H and O–H groups in total. The number of aromatic nitrogens is 2. The standard InChI is InChI=1S/C21H21N3O2/c25-20(12-17-14-23-19-6-2-1-5-18(17)19)24-10-7-15(8-11-24)21(26)16-4-3-9-22-13-16/h1-6,9,13-15,23H,7-8,10-12H2. The zero-order valence-electron chi connectivity index (χ0n) is 14.5. The van der Waals surface area contributed by atoms with Crippen LogP contribution in [0.3, 0.4) is 0 Å². The molecule has 3 heterocycles. The molecule has 1 fully saturated rings. The van der Waals surface area contributed by atoms with Gasteiger partial charge in [0.25, 0.3) is 0 Å². The maximum atomic E-state index is 12.7. The average molecular weight is 347 g/mol. The summed E-state index contributed by atoms with van der Waals surface area (Å²) in [5, 5.41) is 1.10. The second-order valence-electron chi connectivity index (χ2n) is 6.80. The predicted octanol–water partition coefficient (Wildman–Crippen LogP) is 3.23. The molecule has 0 spiro atoms. The number of H-pyrrole nitrogens is 1. The molecule has 5 heteroatoms. The highest BCUT2D eigenvalue weighted by molar-refractivity contribution is 5.97. The summed E-state index contributed by atoms with van der Waals surface area (Å²) >= 11 is 0. The minimum Gasteiger partial charge on any atom is -0.361 e. The van der Waals surface area contributed by atoms with Gasteiger partial charge in [0.1, 0.15) is 0 Å². The Balaban J connectivity index is 1.37. The fraction of sp³-hybridized carbons (Fsp3) is 0.286. The lowest BCUT2D eigenvalue weighted by Crippen LogP contribution is -2.41. The van der Waals surface area contributed by atoms with Gasteiger partial charge in [-0.05, 0) is 36.6 Å². The van der Waals surface area contributed by atoms with Crippen molar-refractivity contribution < 1.29 is 9.59 Å². The molecule has 4 rings (SSSR count). The Morgan fingerprint density at radius 2 is 1.92 bits per heavy atom. The molecular weight excluding hydrogens is 326 g/mol. The summed E-state index contributed by atoms with van der Waals surface area (Å²) in [7, 11) is 0. The third kappa shape index (κ3) is 3.25. The van der Waals surface area contributed by atoms with Gasteiger partial charge in [-0.15, -0.1) is 0 Å². The van der Waals surface area contributed by atoms with Crippen LogP contribution in [-0.2, 0) is 11.2 Å². The van der Waals surface area contributed by atoms with E-state index in [4.69, 9.17) is 0 Å². The summed E-state index contributed by atoms with van der Waals surface area (Å²) in [6.07, 6.45) is 7.03. The van der Waals surface area contributed by atoms with Gasteiger partial charge in [0, 0.05) is 54.1 Å². The van der Waals surface area contributed by atoms with Gasteiger partial charge in [-0.25, -0.2) is 0 Å². The summed E-state index contributed by atoms with van der Waals surface area (Å²) in [5.41, 5.74) is 2.74. The Bertz CT molecular complexity index is 925. The van der Waals surface area contributed by atoms with Crippen molar-refractivity contribution in [1.82, 2.24) is 14.9 Å². The van der Waals surface area contributed by atoms with Crippen molar-refractivity contribution in [3.63, 3.8) is 0 Å². The minimum absolute atomic E-state index is 0.0173. The zero-order valence-corrected chi connectivity index (χ0v) is 14.5. The van der Waals surface area contributed by atoms with E-state index in [0.717, 1.165) is 16.5 Å². The largest absolute Gasteiger partial charge is 0.361 e.